The third kappa shape index (κ3) is 2.64. The molecule has 4 rings (SSSR count). The van der Waals surface area contributed by atoms with Gasteiger partial charge in [0.05, 0.1) is 17.5 Å². The van der Waals surface area contributed by atoms with Gasteiger partial charge < -0.3 is 10.0 Å². The van der Waals surface area contributed by atoms with Crippen molar-refractivity contribution in [1.82, 2.24) is 14.8 Å². The number of hydrogen-bond acceptors (Lipinski definition) is 4. The number of hydrogen-bond donors (Lipinski definition) is 1. The highest BCUT2D eigenvalue weighted by molar-refractivity contribution is 5.85. The van der Waals surface area contributed by atoms with E-state index in [9.17, 15) is 18.7 Å². The number of aryl methyl sites for hydroxylation is 2. The molecule has 1 saturated heterocycles. The number of piperidine rings is 1. The maximum atomic E-state index is 13.3. The molecule has 2 aromatic rings. The molecule has 2 fully saturated rings. The average molecular weight is 362 g/mol. The molecule has 26 heavy (non-hydrogen) atoms. The van der Waals surface area contributed by atoms with E-state index in [1.165, 1.54) is 4.68 Å². The Labute approximate surface area is 149 Å². The number of rotatable bonds is 5. The second-order valence-corrected chi connectivity index (χ2v) is 7.03. The Morgan fingerprint density at radius 1 is 1.35 bits per heavy atom. The SMILES string of the molecule is CCn1nc(Cc2ccc(N3CC4C(C3)C4(F)F)nc2C)cc1C(=O)O. The first-order valence-electron chi connectivity index (χ1n) is 8.70. The number of fused-ring (bicyclic) bond motifs is 1. The van der Waals surface area contributed by atoms with Crippen LogP contribution in [-0.4, -0.2) is 44.9 Å². The van der Waals surface area contributed by atoms with Crippen molar-refractivity contribution < 1.29 is 18.7 Å². The Morgan fingerprint density at radius 2 is 2.04 bits per heavy atom. The molecule has 1 aliphatic heterocycles. The molecule has 1 saturated carbocycles. The molecule has 8 heteroatoms. The number of pyridine rings is 1. The van der Waals surface area contributed by atoms with E-state index in [4.69, 9.17) is 0 Å². The van der Waals surface area contributed by atoms with Gasteiger partial charge in [-0.2, -0.15) is 5.10 Å². The zero-order chi connectivity index (χ0) is 18.6. The van der Waals surface area contributed by atoms with Crippen LogP contribution in [0.5, 0.6) is 0 Å². The highest BCUT2D eigenvalue weighted by Crippen LogP contribution is 2.59. The molecule has 0 radical (unpaired) electrons. The van der Waals surface area contributed by atoms with Crippen molar-refractivity contribution in [3.63, 3.8) is 0 Å². The fraction of sp³-hybridized carbons (Fsp3) is 0.500. The first-order valence-corrected chi connectivity index (χ1v) is 8.70. The molecule has 2 aliphatic rings. The number of aromatic nitrogens is 3. The van der Waals surface area contributed by atoms with Crippen molar-refractivity contribution in [2.75, 3.05) is 18.0 Å². The molecule has 2 aromatic heterocycles. The highest BCUT2D eigenvalue weighted by Gasteiger charge is 2.71. The summed E-state index contributed by atoms with van der Waals surface area (Å²) >= 11 is 0. The average Bonchev–Trinajstić information content (AvgIpc) is 3.02. The van der Waals surface area contributed by atoms with Crippen molar-refractivity contribution >= 4 is 11.8 Å². The summed E-state index contributed by atoms with van der Waals surface area (Å²) in [5, 5.41) is 13.6. The minimum atomic E-state index is -2.49. The fourth-order valence-electron chi connectivity index (χ4n) is 3.80. The second kappa shape index (κ2) is 5.75. The zero-order valence-electron chi connectivity index (χ0n) is 14.6. The van der Waals surface area contributed by atoms with Gasteiger partial charge in [-0.25, -0.2) is 18.6 Å². The molecular weight excluding hydrogens is 342 g/mol. The summed E-state index contributed by atoms with van der Waals surface area (Å²) in [6.07, 6.45) is 0.482. The lowest BCUT2D eigenvalue weighted by Gasteiger charge is -2.21. The van der Waals surface area contributed by atoms with E-state index in [1.54, 1.807) is 6.07 Å². The summed E-state index contributed by atoms with van der Waals surface area (Å²) < 4.78 is 28.1. The summed E-state index contributed by atoms with van der Waals surface area (Å²) in [6, 6.07) is 5.35. The molecule has 2 unspecified atom stereocenters. The van der Waals surface area contributed by atoms with E-state index in [1.807, 2.05) is 30.9 Å². The zero-order valence-corrected chi connectivity index (χ0v) is 14.6. The van der Waals surface area contributed by atoms with Crippen molar-refractivity contribution in [3.05, 3.63) is 40.8 Å². The minimum Gasteiger partial charge on any atom is -0.477 e. The molecule has 1 aliphatic carbocycles. The standard InChI is InChI=1S/C18H20F2N4O2/c1-3-24-15(17(25)26)7-12(22-24)6-11-4-5-16(21-10(11)2)23-8-13-14(9-23)18(13,19)20/h4-5,7,13-14H,3,6,8-9H2,1-2H3,(H,25,26). The molecule has 0 bridgehead atoms. The van der Waals surface area contributed by atoms with E-state index in [-0.39, 0.29) is 5.69 Å². The Kier molecular flexibility index (Phi) is 3.75. The highest BCUT2D eigenvalue weighted by atomic mass is 19.3. The number of aromatic carboxylic acids is 1. The van der Waals surface area contributed by atoms with Crippen LogP contribution in [0.1, 0.15) is 34.4 Å². The number of nitrogens with zero attached hydrogens (tertiary/aromatic N) is 4. The Morgan fingerprint density at radius 3 is 2.58 bits per heavy atom. The summed E-state index contributed by atoms with van der Waals surface area (Å²) in [7, 11) is 0. The molecule has 1 N–H and O–H groups in total. The van der Waals surface area contributed by atoms with Gasteiger partial charge in [0.15, 0.2) is 0 Å². The predicted octanol–water partition coefficient (Wildman–Crippen LogP) is 2.60. The lowest BCUT2D eigenvalue weighted by Crippen LogP contribution is -2.28. The first kappa shape index (κ1) is 16.9. The molecular formula is C18H20F2N4O2. The van der Waals surface area contributed by atoms with Gasteiger partial charge in [0, 0.05) is 31.7 Å². The Balaban J connectivity index is 1.50. The molecule has 138 valence electrons. The normalized spacial score (nSPS) is 23.2. The molecule has 6 nitrogen and oxygen atoms in total. The van der Waals surface area contributed by atoms with Crippen molar-refractivity contribution in [1.29, 1.82) is 0 Å². The Bertz CT molecular complexity index is 866. The van der Waals surface area contributed by atoms with Gasteiger partial charge in [0.1, 0.15) is 11.5 Å². The van der Waals surface area contributed by atoms with E-state index >= 15 is 0 Å². The van der Waals surface area contributed by atoms with Crippen LogP contribution in [-0.2, 0) is 13.0 Å². The second-order valence-electron chi connectivity index (χ2n) is 7.03. The molecule has 0 spiro atoms. The topological polar surface area (TPSA) is 71.2 Å². The van der Waals surface area contributed by atoms with Crippen molar-refractivity contribution in [2.24, 2.45) is 11.8 Å². The largest absolute Gasteiger partial charge is 0.477 e. The minimum absolute atomic E-state index is 0.168. The van der Waals surface area contributed by atoms with E-state index in [0.717, 1.165) is 17.1 Å². The van der Waals surface area contributed by atoms with E-state index < -0.39 is 23.7 Å². The van der Waals surface area contributed by atoms with Gasteiger partial charge in [-0.3, -0.25) is 4.68 Å². The maximum Gasteiger partial charge on any atom is 0.354 e. The van der Waals surface area contributed by atoms with Gasteiger partial charge in [-0.15, -0.1) is 0 Å². The van der Waals surface area contributed by atoms with Crippen LogP contribution < -0.4 is 4.90 Å². The van der Waals surface area contributed by atoms with Crippen LogP contribution >= 0.6 is 0 Å². The number of carboxylic acid groups (broad SMARTS) is 1. The lowest BCUT2D eigenvalue weighted by molar-refractivity contribution is 0.0683. The van der Waals surface area contributed by atoms with Crippen molar-refractivity contribution in [3.8, 4) is 0 Å². The fourth-order valence-corrected chi connectivity index (χ4v) is 3.80. The number of halogens is 2. The molecule has 2 atom stereocenters. The lowest BCUT2D eigenvalue weighted by atomic mass is 10.1. The molecule has 3 heterocycles. The quantitative estimate of drug-likeness (QED) is 0.885. The summed E-state index contributed by atoms with van der Waals surface area (Å²) in [4.78, 5) is 17.7. The third-order valence-electron chi connectivity index (χ3n) is 5.42. The van der Waals surface area contributed by atoms with Gasteiger partial charge >= 0.3 is 5.97 Å². The number of anilines is 1. The predicted molar refractivity (Wildman–Crippen MR) is 90.8 cm³/mol. The maximum absolute atomic E-state index is 13.3. The van der Waals surface area contributed by atoms with Gasteiger partial charge in [0.2, 0.25) is 0 Å². The van der Waals surface area contributed by atoms with E-state index in [2.05, 4.69) is 10.1 Å². The van der Waals surface area contributed by atoms with Gasteiger partial charge in [-0.05, 0) is 31.5 Å². The van der Waals surface area contributed by atoms with Crippen LogP contribution in [0, 0.1) is 18.8 Å². The molecule has 0 amide bonds. The number of alkyl halides is 2. The summed E-state index contributed by atoms with van der Waals surface area (Å²) in [5.74, 6) is -3.83. The van der Waals surface area contributed by atoms with E-state index in [0.29, 0.717) is 31.7 Å². The molecule has 0 aromatic carbocycles. The Hall–Kier alpha value is -2.51. The summed E-state index contributed by atoms with van der Waals surface area (Å²) in [6.45, 7) is 4.91. The van der Waals surface area contributed by atoms with Crippen LogP contribution in [0.4, 0.5) is 14.6 Å². The first-order chi connectivity index (χ1) is 12.3. The number of carbonyl (C=O) groups is 1. The van der Waals surface area contributed by atoms with Crippen LogP contribution in [0.15, 0.2) is 18.2 Å². The van der Waals surface area contributed by atoms with Crippen LogP contribution in [0.3, 0.4) is 0 Å². The monoisotopic (exact) mass is 362 g/mol. The van der Waals surface area contributed by atoms with Crippen molar-refractivity contribution in [2.45, 2.75) is 32.7 Å². The van der Waals surface area contributed by atoms with Crippen LogP contribution in [0.25, 0.3) is 0 Å². The third-order valence-corrected chi connectivity index (χ3v) is 5.42. The van der Waals surface area contributed by atoms with Crippen LogP contribution in [0.2, 0.25) is 0 Å². The smallest absolute Gasteiger partial charge is 0.354 e. The number of carboxylic acids is 1. The van der Waals surface area contributed by atoms with Gasteiger partial charge in [-0.1, -0.05) is 6.07 Å². The van der Waals surface area contributed by atoms with Gasteiger partial charge in [0.25, 0.3) is 5.92 Å². The summed E-state index contributed by atoms with van der Waals surface area (Å²) in [5.41, 5.74) is 2.59.